The quantitative estimate of drug-likeness (QED) is 0.794. The van der Waals surface area contributed by atoms with Gasteiger partial charge in [-0.1, -0.05) is 19.1 Å². The molecule has 4 nitrogen and oxygen atoms in total. The molecule has 0 unspecified atom stereocenters. The topological polar surface area (TPSA) is 61.4 Å². The average molecular weight is 276 g/mol. The zero-order valence-corrected chi connectivity index (χ0v) is 12.3. The van der Waals surface area contributed by atoms with Gasteiger partial charge in [0.05, 0.1) is 12.1 Å². The van der Waals surface area contributed by atoms with Crippen LogP contribution in [0.4, 0.5) is 10.5 Å². The molecule has 0 aromatic heterocycles. The molecule has 1 aliphatic rings. The number of nitrogens with one attached hydrogen (secondary N) is 2. The van der Waals surface area contributed by atoms with Crippen LogP contribution in [0.1, 0.15) is 38.2 Å². The molecule has 0 bridgehead atoms. The summed E-state index contributed by atoms with van der Waals surface area (Å²) >= 11 is 0. The molecule has 3 N–H and O–H groups in total. The Morgan fingerprint density at radius 1 is 1.40 bits per heavy atom. The van der Waals surface area contributed by atoms with Gasteiger partial charge in [-0.2, -0.15) is 0 Å². The van der Waals surface area contributed by atoms with E-state index in [0.29, 0.717) is 5.92 Å². The van der Waals surface area contributed by atoms with Gasteiger partial charge in [-0.3, -0.25) is 0 Å². The number of aryl methyl sites for hydroxylation is 1. The van der Waals surface area contributed by atoms with Crippen LogP contribution in [0.5, 0.6) is 0 Å². The Morgan fingerprint density at radius 2 is 2.10 bits per heavy atom. The second kappa shape index (κ2) is 6.27. The molecule has 1 aromatic rings. The van der Waals surface area contributed by atoms with Crippen LogP contribution in [0.15, 0.2) is 24.3 Å². The number of amides is 2. The van der Waals surface area contributed by atoms with E-state index in [1.165, 1.54) is 0 Å². The summed E-state index contributed by atoms with van der Waals surface area (Å²) in [6.07, 6.45) is 3.77. The standard InChI is InChI=1S/C16H24N2O2/c1-12-6-8-16(11-19,9-7-12)18-15(20)17-14-5-3-4-13(2)10-14/h3-5,10,12,19H,6-9,11H2,1-2H3,(H2,17,18,20). The minimum atomic E-state index is -0.458. The van der Waals surface area contributed by atoms with E-state index in [9.17, 15) is 9.90 Å². The van der Waals surface area contributed by atoms with Crippen LogP contribution < -0.4 is 10.6 Å². The third-order valence-corrected chi connectivity index (χ3v) is 4.19. The number of hydrogen-bond donors (Lipinski definition) is 3. The maximum atomic E-state index is 12.1. The highest BCUT2D eigenvalue weighted by Gasteiger charge is 2.34. The van der Waals surface area contributed by atoms with Crippen LogP contribution >= 0.6 is 0 Å². The molecule has 0 aliphatic heterocycles. The lowest BCUT2D eigenvalue weighted by Gasteiger charge is -2.38. The van der Waals surface area contributed by atoms with Gasteiger partial charge in [0, 0.05) is 5.69 Å². The Labute approximate surface area is 120 Å². The summed E-state index contributed by atoms with van der Waals surface area (Å²) in [6.45, 7) is 4.20. The number of benzene rings is 1. The van der Waals surface area contributed by atoms with Crippen LogP contribution in [-0.4, -0.2) is 23.3 Å². The molecule has 0 radical (unpaired) electrons. The minimum Gasteiger partial charge on any atom is -0.394 e. The van der Waals surface area contributed by atoms with Crippen molar-refractivity contribution >= 4 is 11.7 Å². The second-order valence-corrected chi connectivity index (χ2v) is 6.07. The molecule has 0 heterocycles. The monoisotopic (exact) mass is 276 g/mol. The smallest absolute Gasteiger partial charge is 0.319 e. The van der Waals surface area contributed by atoms with Gasteiger partial charge in [-0.25, -0.2) is 4.79 Å². The van der Waals surface area contributed by atoms with Crippen molar-refractivity contribution in [3.05, 3.63) is 29.8 Å². The summed E-state index contributed by atoms with van der Waals surface area (Å²) in [5.41, 5.74) is 1.42. The highest BCUT2D eigenvalue weighted by Crippen LogP contribution is 2.31. The lowest BCUT2D eigenvalue weighted by atomic mass is 9.77. The van der Waals surface area contributed by atoms with Crippen molar-refractivity contribution in [2.24, 2.45) is 5.92 Å². The first-order chi connectivity index (χ1) is 9.53. The molecule has 0 atom stereocenters. The number of anilines is 1. The normalized spacial score (nSPS) is 26.1. The first-order valence-corrected chi connectivity index (χ1v) is 7.30. The maximum absolute atomic E-state index is 12.1. The summed E-state index contributed by atoms with van der Waals surface area (Å²) in [4.78, 5) is 12.1. The van der Waals surface area contributed by atoms with E-state index in [1.54, 1.807) is 0 Å². The number of aliphatic hydroxyl groups is 1. The van der Waals surface area contributed by atoms with Gasteiger partial charge < -0.3 is 15.7 Å². The van der Waals surface area contributed by atoms with E-state index < -0.39 is 5.54 Å². The number of rotatable bonds is 3. The number of hydrogen-bond acceptors (Lipinski definition) is 2. The van der Waals surface area contributed by atoms with Gasteiger partial charge >= 0.3 is 6.03 Å². The van der Waals surface area contributed by atoms with Crippen LogP contribution in [-0.2, 0) is 0 Å². The summed E-state index contributed by atoms with van der Waals surface area (Å²) in [5, 5.41) is 15.5. The Morgan fingerprint density at radius 3 is 2.70 bits per heavy atom. The van der Waals surface area contributed by atoms with E-state index >= 15 is 0 Å². The molecule has 1 saturated carbocycles. The van der Waals surface area contributed by atoms with E-state index in [4.69, 9.17) is 0 Å². The zero-order chi connectivity index (χ0) is 14.6. The van der Waals surface area contributed by atoms with Crippen molar-refractivity contribution < 1.29 is 9.90 Å². The lowest BCUT2D eigenvalue weighted by Crippen LogP contribution is -2.54. The Balaban J connectivity index is 1.96. The van der Waals surface area contributed by atoms with Crippen LogP contribution in [0.3, 0.4) is 0 Å². The molecule has 1 aromatic carbocycles. The number of carbonyl (C=O) groups excluding carboxylic acids is 1. The van der Waals surface area contributed by atoms with Crippen molar-refractivity contribution in [3.8, 4) is 0 Å². The second-order valence-electron chi connectivity index (χ2n) is 6.07. The van der Waals surface area contributed by atoms with Crippen LogP contribution in [0.25, 0.3) is 0 Å². The zero-order valence-electron chi connectivity index (χ0n) is 12.3. The van der Waals surface area contributed by atoms with Crippen molar-refractivity contribution in [1.29, 1.82) is 0 Å². The average Bonchev–Trinajstić information content (AvgIpc) is 2.41. The molecule has 2 rings (SSSR count). The summed E-state index contributed by atoms with van der Waals surface area (Å²) in [7, 11) is 0. The number of urea groups is 1. The summed E-state index contributed by atoms with van der Waals surface area (Å²) in [5.74, 6) is 0.677. The fourth-order valence-corrected chi connectivity index (χ4v) is 2.76. The van der Waals surface area contributed by atoms with Gasteiger partial charge in [-0.05, 0) is 56.2 Å². The maximum Gasteiger partial charge on any atom is 0.319 e. The van der Waals surface area contributed by atoms with E-state index in [-0.39, 0.29) is 12.6 Å². The van der Waals surface area contributed by atoms with Gasteiger partial charge in [0.2, 0.25) is 0 Å². The lowest BCUT2D eigenvalue weighted by molar-refractivity contribution is 0.113. The Bertz CT molecular complexity index is 465. The first kappa shape index (κ1) is 14.9. The molecular weight excluding hydrogens is 252 g/mol. The SMILES string of the molecule is Cc1cccc(NC(=O)NC2(CO)CCC(C)CC2)c1. The van der Waals surface area contributed by atoms with Crippen molar-refractivity contribution in [2.75, 3.05) is 11.9 Å². The van der Waals surface area contributed by atoms with Gasteiger partial charge in [0.25, 0.3) is 0 Å². The predicted octanol–water partition coefficient (Wildman–Crippen LogP) is 3.06. The van der Waals surface area contributed by atoms with Gasteiger partial charge in [0.1, 0.15) is 0 Å². The highest BCUT2D eigenvalue weighted by molar-refractivity contribution is 5.89. The third-order valence-electron chi connectivity index (χ3n) is 4.19. The van der Waals surface area contributed by atoms with Gasteiger partial charge in [0.15, 0.2) is 0 Å². The molecule has 0 saturated heterocycles. The van der Waals surface area contributed by atoms with Crippen molar-refractivity contribution in [2.45, 2.75) is 45.1 Å². The molecule has 2 amide bonds. The molecule has 1 aliphatic carbocycles. The number of carbonyl (C=O) groups is 1. The van der Waals surface area contributed by atoms with Crippen molar-refractivity contribution in [1.82, 2.24) is 5.32 Å². The highest BCUT2D eigenvalue weighted by atomic mass is 16.3. The number of aliphatic hydroxyl groups excluding tert-OH is 1. The molecule has 0 spiro atoms. The van der Waals surface area contributed by atoms with E-state index in [1.807, 2.05) is 31.2 Å². The van der Waals surface area contributed by atoms with Gasteiger partial charge in [-0.15, -0.1) is 0 Å². The fourth-order valence-electron chi connectivity index (χ4n) is 2.76. The molecule has 110 valence electrons. The predicted molar refractivity (Wildman–Crippen MR) is 80.8 cm³/mol. The minimum absolute atomic E-state index is 0.000950. The Hall–Kier alpha value is -1.55. The third kappa shape index (κ3) is 3.73. The van der Waals surface area contributed by atoms with E-state index in [0.717, 1.165) is 36.9 Å². The van der Waals surface area contributed by atoms with Crippen LogP contribution in [0.2, 0.25) is 0 Å². The van der Waals surface area contributed by atoms with Crippen molar-refractivity contribution in [3.63, 3.8) is 0 Å². The van der Waals surface area contributed by atoms with Crippen LogP contribution in [0, 0.1) is 12.8 Å². The molecular formula is C16H24N2O2. The first-order valence-electron chi connectivity index (χ1n) is 7.30. The summed E-state index contributed by atoms with van der Waals surface area (Å²) in [6, 6.07) is 7.45. The molecule has 1 fully saturated rings. The fraction of sp³-hybridized carbons (Fsp3) is 0.562. The molecule has 4 heteroatoms. The van der Waals surface area contributed by atoms with E-state index in [2.05, 4.69) is 17.6 Å². The largest absolute Gasteiger partial charge is 0.394 e. The molecule has 20 heavy (non-hydrogen) atoms. The summed E-state index contributed by atoms with van der Waals surface area (Å²) < 4.78 is 0. The Kier molecular flexibility index (Phi) is 4.65.